The maximum atomic E-state index is 12.2. The van der Waals surface area contributed by atoms with Gasteiger partial charge in [0.25, 0.3) is 0 Å². The van der Waals surface area contributed by atoms with Crippen molar-refractivity contribution in [2.75, 3.05) is 24.3 Å². The van der Waals surface area contributed by atoms with Gasteiger partial charge in [-0.1, -0.05) is 13.8 Å². The third kappa shape index (κ3) is 4.66. The molecule has 0 aromatic carbocycles. The van der Waals surface area contributed by atoms with Gasteiger partial charge in [-0.2, -0.15) is 0 Å². The van der Waals surface area contributed by atoms with Crippen LogP contribution in [0.3, 0.4) is 0 Å². The second kappa shape index (κ2) is 7.87. The Morgan fingerprint density at radius 3 is 2.65 bits per heavy atom. The summed E-state index contributed by atoms with van der Waals surface area (Å²) < 4.78 is 10.9. The van der Waals surface area contributed by atoms with Gasteiger partial charge in [-0.3, -0.25) is 9.11 Å². The smallest absolute Gasteiger partial charge is 0.327 e. The van der Waals surface area contributed by atoms with Crippen molar-refractivity contribution in [3.05, 3.63) is 0 Å². The summed E-state index contributed by atoms with van der Waals surface area (Å²) in [6.07, 6.45) is 2.24. The van der Waals surface area contributed by atoms with E-state index in [4.69, 9.17) is 0 Å². The highest BCUT2D eigenvalue weighted by Gasteiger charge is 2.42. The zero-order valence-corrected chi connectivity index (χ0v) is 13.6. The van der Waals surface area contributed by atoms with Gasteiger partial charge in [-0.05, 0) is 12.3 Å². The number of carboxylic acid groups (broad SMARTS) is 1. The first-order valence-electron chi connectivity index (χ1n) is 6.55. The van der Waals surface area contributed by atoms with E-state index in [1.54, 1.807) is 6.26 Å². The number of thioether (sulfide) groups is 1. The molecule has 1 aliphatic heterocycles. The summed E-state index contributed by atoms with van der Waals surface area (Å²) in [5.41, 5.74) is 0. The predicted molar refractivity (Wildman–Crippen MR) is 81.3 cm³/mol. The molecule has 3 atom stereocenters. The van der Waals surface area contributed by atoms with Gasteiger partial charge in [-0.15, -0.1) is 11.8 Å². The quantitative estimate of drug-likeness (QED) is 0.711. The molecular weight excluding hydrogens is 300 g/mol. The SMILES string of the molecule is CC(C)C1SCC(C(=O)O)N1C(=O)NCCCS(C)=O. The number of rotatable bonds is 6. The Morgan fingerprint density at radius 2 is 2.15 bits per heavy atom. The molecule has 0 bridgehead atoms. The van der Waals surface area contributed by atoms with Crippen LogP contribution in [-0.2, 0) is 15.6 Å². The Labute approximate surface area is 126 Å². The van der Waals surface area contributed by atoms with E-state index >= 15 is 0 Å². The normalized spacial score (nSPS) is 23.9. The Hall–Kier alpha value is -0.760. The molecule has 2 N–H and O–H groups in total. The maximum Gasteiger partial charge on any atom is 0.327 e. The summed E-state index contributed by atoms with van der Waals surface area (Å²) in [5.74, 6) is 0.180. The zero-order chi connectivity index (χ0) is 15.3. The van der Waals surface area contributed by atoms with E-state index in [1.165, 1.54) is 16.7 Å². The van der Waals surface area contributed by atoms with Crippen LogP contribution in [0.5, 0.6) is 0 Å². The molecule has 8 heteroatoms. The van der Waals surface area contributed by atoms with Crippen LogP contribution >= 0.6 is 11.8 Å². The Bertz CT molecular complexity index is 390. The lowest BCUT2D eigenvalue weighted by atomic mass is 10.2. The molecule has 0 saturated carbocycles. The molecule has 20 heavy (non-hydrogen) atoms. The molecule has 0 spiro atoms. The van der Waals surface area contributed by atoms with Crippen molar-refractivity contribution >= 4 is 34.6 Å². The Kier molecular flexibility index (Phi) is 6.81. The summed E-state index contributed by atoms with van der Waals surface area (Å²) in [4.78, 5) is 24.8. The fraction of sp³-hybridized carbons (Fsp3) is 0.833. The highest BCUT2D eigenvalue weighted by molar-refractivity contribution is 8.00. The lowest BCUT2D eigenvalue weighted by Crippen LogP contribution is -2.51. The number of hydrogen-bond donors (Lipinski definition) is 2. The summed E-state index contributed by atoms with van der Waals surface area (Å²) in [6.45, 7) is 4.36. The van der Waals surface area contributed by atoms with Crippen LogP contribution in [0.2, 0.25) is 0 Å². The fourth-order valence-electron chi connectivity index (χ4n) is 2.05. The average molecular weight is 322 g/mol. The van der Waals surface area contributed by atoms with Gasteiger partial charge in [0.15, 0.2) is 0 Å². The van der Waals surface area contributed by atoms with E-state index in [9.17, 15) is 18.9 Å². The number of aliphatic carboxylic acids is 1. The molecule has 1 aliphatic rings. The molecule has 116 valence electrons. The lowest BCUT2D eigenvalue weighted by molar-refractivity contribution is -0.141. The number of carbonyl (C=O) groups excluding carboxylic acids is 1. The minimum absolute atomic E-state index is 0.114. The standard InChI is InChI=1S/C12H22N2O4S2/c1-8(2)10-14(9(7-19-10)11(15)16)12(17)13-5-4-6-20(3)18/h8-10H,4-7H2,1-3H3,(H,13,17)(H,15,16). The molecule has 1 fully saturated rings. The van der Waals surface area contributed by atoms with Crippen molar-refractivity contribution in [1.29, 1.82) is 0 Å². The first-order valence-corrected chi connectivity index (χ1v) is 9.32. The monoisotopic (exact) mass is 322 g/mol. The molecule has 0 radical (unpaired) electrons. The zero-order valence-electron chi connectivity index (χ0n) is 12.0. The topological polar surface area (TPSA) is 86.7 Å². The molecule has 2 amide bonds. The number of urea groups is 1. The first kappa shape index (κ1) is 17.3. The number of nitrogens with zero attached hydrogens (tertiary/aromatic N) is 1. The van der Waals surface area contributed by atoms with Gasteiger partial charge in [-0.25, -0.2) is 9.59 Å². The van der Waals surface area contributed by atoms with Crippen LogP contribution in [0.1, 0.15) is 20.3 Å². The van der Waals surface area contributed by atoms with Crippen molar-refractivity contribution < 1.29 is 18.9 Å². The van der Waals surface area contributed by atoms with Gasteiger partial charge in [0.05, 0.1) is 5.37 Å². The minimum atomic E-state index is -0.967. The highest BCUT2D eigenvalue weighted by atomic mass is 32.2. The number of carboxylic acids is 1. The van der Waals surface area contributed by atoms with Crippen LogP contribution in [0.25, 0.3) is 0 Å². The fourth-order valence-corrected chi connectivity index (χ4v) is 4.07. The summed E-state index contributed by atoms with van der Waals surface area (Å²) in [7, 11) is -0.874. The summed E-state index contributed by atoms with van der Waals surface area (Å²) in [5, 5.41) is 11.8. The van der Waals surface area contributed by atoms with Gasteiger partial charge in [0, 0.05) is 35.1 Å². The van der Waals surface area contributed by atoms with Gasteiger partial charge >= 0.3 is 12.0 Å². The molecule has 1 rings (SSSR count). The van der Waals surface area contributed by atoms with E-state index in [2.05, 4.69) is 5.32 Å². The molecule has 3 unspecified atom stereocenters. The Balaban J connectivity index is 2.60. The minimum Gasteiger partial charge on any atom is -0.480 e. The van der Waals surface area contributed by atoms with Crippen LogP contribution in [0, 0.1) is 5.92 Å². The third-order valence-electron chi connectivity index (χ3n) is 3.01. The molecular formula is C12H22N2O4S2. The van der Waals surface area contributed by atoms with Crippen molar-refractivity contribution in [2.45, 2.75) is 31.7 Å². The molecule has 0 aliphatic carbocycles. The maximum absolute atomic E-state index is 12.2. The molecule has 1 heterocycles. The van der Waals surface area contributed by atoms with Crippen molar-refractivity contribution in [3.63, 3.8) is 0 Å². The predicted octanol–water partition coefficient (Wildman–Crippen LogP) is 0.949. The summed E-state index contributed by atoms with van der Waals surface area (Å²) in [6, 6.07) is -1.12. The summed E-state index contributed by atoms with van der Waals surface area (Å²) >= 11 is 1.50. The molecule has 0 aromatic heterocycles. The van der Waals surface area contributed by atoms with Crippen molar-refractivity contribution in [1.82, 2.24) is 10.2 Å². The second-order valence-electron chi connectivity index (χ2n) is 5.09. The van der Waals surface area contributed by atoms with Gasteiger partial charge in [0.1, 0.15) is 6.04 Å². The van der Waals surface area contributed by atoms with Crippen LogP contribution in [-0.4, -0.2) is 61.9 Å². The van der Waals surface area contributed by atoms with Gasteiger partial charge in [0.2, 0.25) is 0 Å². The van der Waals surface area contributed by atoms with Crippen LogP contribution in [0.15, 0.2) is 0 Å². The van der Waals surface area contributed by atoms with Crippen LogP contribution < -0.4 is 5.32 Å². The average Bonchev–Trinajstić information content (AvgIpc) is 2.78. The number of carbonyl (C=O) groups is 2. The second-order valence-corrected chi connectivity index (χ2v) is 7.80. The molecule has 1 saturated heterocycles. The largest absolute Gasteiger partial charge is 0.480 e. The molecule has 0 aromatic rings. The van der Waals surface area contributed by atoms with E-state index in [0.717, 1.165) is 0 Å². The van der Waals surface area contributed by atoms with E-state index < -0.39 is 22.8 Å². The number of nitrogens with one attached hydrogen (secondary N) is 1. The van der Waals surface area contributed by atoms with Crippen LogP contribution in [0.4, 0.5) is 4.79 Å². The van der Waals surface area contributed by atoms with E-state index in [0.29, 0.717) is 24.5 Å². The van der Waals surface area contributed by atoms with Gasteiger partial charge < -0.3 is 10.4 Å². The number of amides is 2. The first-order chi connectivity index (χ1) is 9.34. The van der Waals surface area contributed by atoms with E-state index in [-0.39, 0.29) is 17.3 Å². The number of hydrogen-bond acceptors (Lipinski definition) is 4. The lowest BCUT2D eigenvalue weighted by Gasteiger charge is -2.29. The highest BCUT2D eigenvalue weighted by Crippen LogP contribution is 2.33. The van der Waals surface area contributed by atoms with Crippen molar-refractivity contribution in [3.8, 4) is 0 Å². The van der Waals surface area contributed by atoms with Crippen molar-refractivity contribution in [2.24, 2.45) is 5.92 Å². The molecule has 6 nitrogen and oxygen atoms in total. The van der Waals surface area contributed by atoms with E-state index in [1.807, 2.05) is 13.8 Å². The third-order valence-corrected chi connectivity index (χ3v) is 5.49. The Morgan fingerprint density at radius 1 is 1.50 bits per heavy atom.